The predicted octanol–water partition coefficient (Wildman–Crippen LogP) is 3.30. The fraction of sp³-hybridized carbons (Fsp3) is 0.263. The highest BCUT2D eigenvalue weighted by molar-refractivity contribution is 8.26. The summed E-state index contributed by atoms with van der Waals surface area (Å²) >= 11 is 6.74. The number of benzene rings is 1. The number of amides is 1. The van der Waals surface area contributed by atoms with Crippen LogP contribution in [0.3, 0.4) is 0 Å². The van der Waals surface area contributed by atoms with E-state index in [9.17, 15) is 4.79 Å². The van der Waals surface area contributed by atoms with E-state index >= 15 is 0 Å². The van der Waals surface area contributed by atoms with Gasteiger partial charge >= 0.3 is 0 Å². The van der Waals surface area contributed by atoms with Crippen LogP contribution in [-0.4, -0.2) is 46.2 Å². The van der Waals surface area contributed by atoms with Gasteiger partial charge in [-0.25, -0.2) is 0 Å². The fourth-order valence-electron chi connectivity index (χ4n) is 3.10. The van der Waals surface area contributed by atoms with Crippen LogP contribution in [0.1, 0.15) is 5.76 Å². The summed E-state index contributed by atoms with van der Waals surface area (Å²) in [5, 5.41) is 0. The molecule has 2 saturated heterocycles. The second-order valence-electron chi connectivity index (χ2n) is 6.19. The molecule has 0 unspecified atom stereocenters. The van der Waals surface area contributed by atoms with Crippen molar-refractivity contribution in [3.63, 3.8) is 0 Å². The van der Waals surface area contributed by atoms with Crippen molar-refractivity contribution in [2.24, 2.45) is 0 Å². The molecule has 0 spiro atoms. The Kier molecular flexibility index (Phi) is 4.99. The first kappa shape index (κ1) is 17.2. The summed E-state index contributed by atoms with van der Waals surface area (Å²) in [4.78, 5) is 19.5. The van der Waals surface area contributed by atoms with Crippen LogP contribution < -0.4 is 4.90 Å². The number of thiocarbonyl (C=S) groups is 1. The topological polar surface area (TPSA) is 39.9 Å². The smallest absolute Gasteiger partial charge is 0.268 e. The molecule has 3 heterocycles. The Morgan fingerprint density at radius 1 is 1.08 bits per heavy atom. The number of furan rings is 1. The number of para-hydroxylation sites is 1. The van der Waals surface area contributed by atoms with Crippen molar-refractivity contribution in [1.82, 2.24) is 9.80 Å². The van der Waals surface area contributed by atoms with Crippen molar-refractivity contribution in [2.75, 3.05) is 31.1 Å². The van der Waals surface area contributed by atoms with E-state index in [1.165, 1.54) is 17.4 Å². The van der Waals surface area contributed by atoms with Crippen LogP contribution in [0, 0.1) is 0 Å². The van der Waals surface area contributed by atoms with Crippen molar-refractivity contribution < 1.29 is 9.21 Å². The van der Waals surface area contributed by atoms with E-state index in [2.05, 4.69) is 34.1 Å². The lowest BCUT2D eigenvalue weighted by molar-refractivity contribution is -0.122. The predicted molar refractivity (Wildman–Crippen MR) is 108 cm³/mol. The third kappa shape index (κ3) is 3.64. The zero-order chi connectivity index (χ0) is 17.9. The second-order valence-corrected chi connectivity index (χ2v) is 7.87. The minimum Gasteiger partial charge on any atom is -0.467 e. The average Bonchev–Trinajstić information content (AvgIpc) is 3.27. The highest BCUT2D eigenvalue weighted by atomic mass is 32.2. The Labute approximate surface area is 162 Å². The monoisotopic (exact) mass is 385 g/mol. The minimum atomic E-state index is -0.0399. The quantitative estimate of drug-likeness (QED) is 0.594. The molecule has 1 aromatic heterocycles. The maximum atomic E-state index is 12.7. The zero-order valence-electron chi connectivity index (χ0n) is 14.2. The van der Waals surface area contributed by atoms with Crippen LogP contribution in [0.4, 0.5) is 5.69 Å². The van der Waals surface area contributed by atoms with E-state index in [1.54, 1.807) is 11.2 Å². The molecule has 5 nitrogen and oxygen atoms in total. The number of hydrogen-bond donors (Lipinski definition) is 0. The number of thioether (sulfide) groups is 1. The number of nitrogens with zero attached hydrogens (tertiary/aromatic N) is 3. The van der Waals surface area contributed by atoms with Crippen LogP contribution in [0.5, 0.6) is 0 Å². The van der Waals surface area contributed by atoms with E-state index in [0.29, 0.717) is 15.8 Å². The summed E-state index contributed by atoms with van der Waals surface area (Å²) < 4.78 is 5.92. The number of piperazine rings is 1. The summed E-state index contributed by atoms with van der Waals surface area (Å²) in [6.45, 7) is 4.03. The first-order valence-corrected chi connectivity index (χ1v) is 9.75. The van der Waals surface area contributed by atoms with Gasteiger partial charge in [-0.15, -0.1) is 0 Å². The van der Waals surface area contributed by atoms with Gasteiger partial charge in [0, 0.05) is 38.1 Å². The van der Waals surface area contributed by atoms with Crippen molar-refractivity contribution >= 4 is 39.9 Å². The molecule has 0 radical (unpaired) electrons. The van der Waals surface area contributed by atoms with E-state index < -0.39 is 0 Å². The molecule has 7 heteroatoms. The molecule has 0 atom stereocenters. The molecule has 1 amide bonds. The van der Waals surface area contributed by atoms with Gasteiger partial charge in [0.15, 0.2) is 0 Å². The zero-order valence-corrected chi connectivity index (χ0v) is 15.8. The molecule has 2 aromatic rings. The lowest BCUT2D eigenvalue weighted by atomic mass is 10.2. The van der Waals surface area contributed by atoms with Gasteiger partial charge in [0.05, 0.1) is 17.7 Å². The number of hydrogen-bond acceptors (Lipinski definition) is 6. The van der Waals surface area contributed by atoms with Gasteiger partial charge in [-0.1, -0.05) is 42.2 Å². The SMILES string of the molecule is O=C1/C(=C/N2CCN(c3ccccc3)CC2)SC(=S)N1Cc1ccco1. The maximum Gasteiger partial charge on any atom is 0.268 e. The normalized spacial score (nSPS) is 19.7. The molecule has 2 aliphatic rings. The number of carbonyl (C=O) groups is 1. The Hall–Kier alpha value is -2.25. The van der Waals surface area contributed by atoms with Gasteiger partial charge in [0.2, 0.25) is 0 Å². The summed E-state index contributed by atoms with van der Waals surface area (Å²) in [6.07, 6.45) is 3.57. The molecular weight excluding hydrogens is 366 g/mol. The van der Waals surface area contributed by atoms with E-state index in [0.717, 1.165) is 31.9 Å². The van der Waals surface area contributed by atoms with Crippen LogP contribution in [-0.2, 0) is 11.3 Å². The molecular formula is C19H19N3O2S2. The maximum absolute atomic E-state index is 12.7. The number of rotatable bonds is 4. The van der Waals surface area contributed by atoms with Crippen molar-refractivity contribution in [1.29, 1.82) is 0 Å². The average molecular weight is 386 g/mol. The number of carbonyl (C=O) groups excluding carboxylic acids is 1. The van der Waals surface area contributed by atoms with Crippen LogP contribution in [0.15, 0.2) is 64.2 Å². The molecule has 0 N–H and O–H groups in total. The molecule has 0 saturated carbocycles. The van der Waals surface area contributed by atoms with E-state index in [-0.39, 0.29) is 5.91 Å². The summed E-state index contributed by atoms with van der Waals surface area (Å²) in [5.41, 5.74) is 1.25. The van der Waals surface area contributed by atoms with Gasteiger partial charge in [-0.3, -0.25) is 9.69 Å². The van der Waals surface area contributed by atoms with E-state index in [4.69, 9.17) is 16.6 Å². The minimum absolute atomic E-state index is 0.0399. The summed E-state index contributed by atoms with van der Waals surface area (Å²) in [6, 6.07) is 14.1. The summed E-state index contributed by atoms with van der Waals surface area (Å²) in [7, 11) is 0. The molecule has 134 valence electrons. The van der Waals surface area contributed by atoms with Crippen molar-refractivity contribution in [2.45, 2.75) is 6.54 Å². The van der Waals surface area contributed by atoms with Gasteiger partial charge in [0.25, 0.3) is 5.91 Å². The third-order valence-corrected chi connectivity index (χ3v) is 5.87. The van der Waals surface area contributed by atoms with Crippen LogP contribution in [0.25, 0.3) is 0 Å². The highest BCUT2D eigenvalue weighted by Gasteiger charge is 2.33. The largest absolute Gasteiger partial charge is 0.467 e. The Balaban J connectivity index is 1.38. The van der Waals surface area contributed by atoms with Crippen molar-refractivity contribution in [3.05, 3.63) is 65.6 Å². The van der Waals surface area contributed by atoms with Gasteiger partial charge < -0.3 is 14.2 Å². The van der Waals surface area contributed by atoms with Crippen LogP contribution in [0.2, 0.25) is 0 Å². The lowest BCUT2D eigenvalue weighted by Gasteiger charge is -2.35. The molecule has 0 aliphatic carbocycles. The number of anilines is 1. The highest BCUT2D eigenvalue weighted by Crippen LogP contribution is 2.32. The fourth-order valence-corrected chi connectivity index (χ4v) is 4.36. The Morgan fingerprint density at radius 3 is 2.54 bits per heavy atom. The molecule has 0 bridgehead atoms. The van der Waals surface area contributed by atoms with Crippen molar-refractivity contribution in [3.8, 4) is 0 Å². The molecule has 2 fully saturated rings. The van der Waals surface area contributed by atoms with Crippen LogP contribution >= 0.6 is 24.0 Å². The lowest BCUT2D eigenvalue weighted by Crippen LogP contribution is -2.44. The third-order valence-electron chi connectivity index (χ3n) is 4.50. The Morgan fingerprint density at radius 2 is 1.85 bits per heavy atom. The standard InChI is InChI=1S/C19H19N3O2S2/c23-18-17(26-19(25)22(18)13-16-7-4-12-24-16)14-20-8-10-21(11-9-20)15-5-2-1-3-6-15/h1-7,12,14H,8-11,13H2/b17-14-. The first-order valence-electron chi connectivity index (χ1n) is 8.52. The first-order chi connectivity index (χ1) is 12.7. The molecule has 4 rings (SSSR count). The van der Waals surface area contributed by atoms with Gasteiger partial charge in [-0.05, 0) is 24.3 Å². The van der Waals surface area contributed by atoms with Gasteiger partial charge in [-0.2, -0.15) is 0 Å². The second kappa shape index (κ2) is 7.55. The molecule has 1 aromatic carbocycles. The van der Waals surface area contributed by atoms with Gasteiger partial charge in [0.1, 0.15) is 10.1 Å². The molecule has 26 heavy (non-hydrogen) atoms. The Bertz CT molecular complexity index is 813. The summed E-state index contributed by atoms with van der Waals surface area (Å²) in [5.74, 6) is 0.695. The van der Waals surface area contributed by atoms with E-state index in [1.807, 2.05) is 24.4 Å². The molecule has 2 aliphatic heterocycles.